The molecular formula is C24H28F2N4O4. The lowest BCUT2D eigenvalue weighted by Crippen LogP contribution is -2.69. The van der Waals surface area contributed by atoms with Crippen LogP contribution in [0.2, 0.25) is 0 Å². The Hall–Kier alpha value is -3.06. The Bertz CT molecular complexity index is 983. The average Bonchev–Trinajstić information content (AvgIpc) is 2.83. The highest BCUT2D eigenvalue weighted by Gasteiger charge is 2.61. The van der Waals surface area contributed by atoms with E-state index in [0.717, 1.165) is 11.3 Å². The van der Waals surface area contributed by atoms with Crippen LogP contribution in [0.4, 0.5) is 8.78 Å². The van der Waals surface area contributed by atoms with E-state index in [9.17, 15) is 33.5 Å². The van der Waals surface area contributed by atoms with Crippen molar-refractivity contribution in [2.75, 3.05) is 6.54 Å². The van der Waals surface area contributed by atoms with E-state index in [1.54, 1.807) is 30.3 Å². The molecule has 0 aromatic heterocycles. The highest BCUT2D eigenvalue weighted by atomic mass is 19.3. The van der Waals surface area contributed by atoms with Crippen molar-refractivity contribution < 1.29 is 28.3 Å². The molecule has 1 aliphatic carbocycles. The summed E-state index contributed by atoms with van der Waals surface area (Å²) in [5.41, 5.74) is 0.304. The van der Waals surface area contributed by atoms with Gasteiger partial charge < -0.3 is 20.6 Å². The summed E-state index contributed by atoms with van der Waals surface area (Å²) in [5.74, 6) is -6.89. The third-order valence-corrected chi connectivity index (χ3v) is 7.20. The molecular weight excluding hydrogens is 446 g/mol. The third kappa shape index (κ3) is 4.62. The second kappa shape index (κ2) is 9.66. The molecule has 34 heavy (non-hydrogen) atoms. The quantitative estimate of drug-likeness (QED) is 0.579. The van der Waals surface area contributed by atoms with E-state index in [1.165, 1.54) is 0 Å². The number of benzene rings is 1. The number of fused-ring (bicyclic) bond motifs is 3. The minimum Gasteiger partial charge on any atom is -0.378 e. The van der Waals surface area contributed by atoms with Gasteiger partial charge in [-0.15, -0.1) is 0 Å². The Morgan fingerprint density at radius 1 is 1.26 bits per heavy atom. The predicted octanol–water partition coefficient (Wildman–Crippen LogP) is 1.66. The highest BCUT2D eigenvalue weighted by Crippen LogP contribution is 2.49. The van der Waals surface area contributed by atoms with Gasteiger partial charge in [0, 0.05) is 24.9 Å². The number of hydrogen-bond acceptors (Lipinski definition) is 5. The molecule has 1 aromatic rings. The van der Waals surface area contributed by atoms with Gasteiger partial charge in [0.15, 0.2) is 6.10 Å². The third-order valence-electron chi connectivity index (χ3n) is 7.20. The van der Waals surface area contributed by atoms with Crippen LogP contribution in [0.25, 0.3) is 0 Å². The van der Waals surface area contributed by atoms with Gasteiger partial charge in [-0.05, 0) is 37.7 Å². The largest absolute Gasteiger partial charge is 0.378 e. The number of nitrogens with one attached hydrogen (secondary N) is 2. The van der Waals surface area contributed by atoms with Gasteiger partial charge in [0.2, 0.25) is 11.8 Å². The molecule has 8 nitrogen and oxygen atoms in total. The molecule has 1 aromatic carbocycles. The van der Waals surface area contributed by atoms with Gasteiger partial charge in [0.1, 0.15) is 12.1 Å². The minimum absolute atomic E-state index is 0.0587. The van der Waals surface area contributed by atoms with Crippen molar-refractivity contribution in [1.82, 2.24) is 15.5 Å². The van der Waals surface area contributed by atoms with E-state index >= 15 is 0 Å². The molecule has 4 fully saturated rings. The smallest absolute Gasteiger partial charge is 0.256 e. The number of carbonyl (C=O) groups excluding carboxylic acids is 3. The second-order valence-electron chi connectivity index (χ2n) is 9.36. The number of hydrogen-bond donors (Lipinski definition) is 3. The normalized spacial score (nSPS) is 29.5. The van der Waals surface area contributed by atoms with Crippen LogP contribution in [0.3, 0.4) is 0 Å². The molecule has 3 heterocycles. The number of rotatable bonds is 6. The van der Waals surface area contributed by atoms with Gasteiger partial charge >= 0.3 is 0 Å². The summed E-state index contributed by atoms with van der Waals surface area (Å²) in [6, 6.07) is 6.58. The second-order valence-corrected chi connectivity index (χ2v) is 9.36. The van der Waals surface area contributed by atoms with Crippen molar-refractivity contribution in [3.8, 4) is 6.07 Å². The molecule has 10 heteroatoms. The molecule has 2 bridgehead atoms. The Morgan fingerprint density at radius 3 is 2.65 bits per heavy atom. The van der Waals surface area contributed by atoms with Crippen molar-refractivity contribution in [1.29, 1.82) is 5.26 Å². The summed E-state index contributed by atoms with van der Waals surface area (Å²) in [5, 5.41) is 25.5. The lowest BCUT2D eigenvalue weighted by atomic mass is 9.71. The lowest BCUT2D eigenvalue weighted by Gasteiger charge is -2.54. The van der Waals surface area contributed by atoms with Crippen LogP contribution in [0, 0.1) is 23.2 Å². The molecule has 1 saturated carbocycles. The monoisotopic (exact) mass is 474 g/mol. The maximum atomic E-state index is 14.8. The van der Waals surface area contributed by atoms with Gasteiger partial charge in [0.25, 0.3) is 11.8 Å². The molecule has 3 N–H and O–H groups in total. The molecule has 3 saturated heterocycles. The molecule has 5 rings (SSSR count). The molecule has 182 valence electrons. The van der Waals surface area contributed by atoms with Crippen LogP contribution < -0.4 is 10.6 Å². The maximum absolute atomic E-state index is 14.8. The highest BCUT2D eigenvalue weighted by molar-refractivity contribution is 5.91. The number of nitrogens with zero attached hydrogens (tertiary/aromatic N) is 2. The number of carbonyl (C=O) groups is 3. The van der Waals surface area contributed by atoms with Crippen LogP contribution in [-0.2, 0) is 14.4 Å². The van der Waals surface area contributed by atoms with Crippen molar-refractivity contribution >= 4 is 17.7 Å². The van der Waals surface area contributed by atoms with Gasteiger partial charge in [-0.25, -0.2) is 8.78 Å². The zero-order chi connectivity index (χ0) is 24.5. The van der Waals surface area contributed by atoms with E-state index < -0.39 is 60.2 Å². The Kier molecular flexibility index (Phi) is 6.84. The molecule has 0 unspecified atom stereocenters. The van der Waals surface area contributed by atoms with E-state index in [4.69, 9.17) is 0 Å². The van der Waals surface area contributed by atoms with Crippen LogP contribution in [-0.4, -0.2) is 58.3 Å². The number of piperidine rings is 3. The zero-order valence-corrected chi connectivity index (χ0v) is 18.6. The van der Waals surface area contributed by atoms with Crippen molar-refractivity contribution in [3.05, 3.63) is 35.9 Å². The molecule has 6 atom stereocenters. The average molecular weight is 475 g/mol. The Labute approximate surface area is 196 Å². The molecule has 4 aliphatic rings. The van der Waals surface area contributed by atoms with Gasteiger partial charge in [-0.1, -0.05) is 30.3 Å². The first-order valence-corrected chi connectivity index (χ1v) is 11.6. The summed E-state index contributed by atoms with van der Waals surface area (Å²) in [6.45, 7) is 0.556. The Morgan fingerprint density at radius 2 is 2.00 bits per heavy atom. The van der Waals surface area contributed by atoms with Gasteiger partial charge in [-0.2, -0.15) is 5.26 Å². The number of amides is 3. The van der Waals surface area contributed by atoms with Crippen molar-refractivity contribution in [2.45, 2.75) is 68.7 Å². The van der Waals surface area contributed by atoms with Gasteiger partial charge in [-0.3, -0.25) is 14.4 Å². The van der Waals surface area contributed by atoms with E-state index in [1.807, 2.05) is 6.07 Å². The van der Waals surface area contributed by atoms with E-state index in [0.29, 0.717) is 24.9 Å². The van der Waals surface area contributed by atoms with Crippen LogP contribution >= 0.6 is 0 Å². The van der Waals surface area contributed by atoms with Crippen molar-refractivity contribution in [3.63, 3.8) is 0 Å². The molecule has 0 radical (unpaired) electrons. The molecule has 3 amide bonds. The standard InChI is InChI=1S/C24H28F2N4O4/c25-24(26)12-17-8-9-18(24)19(30(17)23(34)20(31)14-5-2-1-3-6-14)22(33)29-16(13-27)11-15-7-4-10-28-21(15)32/h1-3,5-6,15-20,31H,4,7-12H2,(H,28,32)(H,29,33)/t15-,16-,17-,18-,19-,20+/m1/s1. The fourth-order valence-electron chi connectivity index (χ4n) is 5.49. The van der Waals surface area contributed by atoms with Crippen LogP contribution in [0.5, 0.6) is 0 Å². The Balaban J connectivity index is 1.56. The zero-order valence-electron chi connectivity index (χ0n) is 18.6. The predicted molar refractivity (Wildman–Crippen MR) is 116 cm³/mol. The number of aliphatic hydroxyl groups excluding tert-OH is 1. The van der Waals surface area contributed by atoms with Gasteiger partial charge in [0.05, 0.1) is 12.0 Å². The first-order valence-electron chi connectivity index (χ1n) is 11.6. The first-order chi connectivity index (χ1) is 16.2. The number of alkyl halides is 2. The molecule has 3 aliphatic heterocycles. The summed E-state index contributed by atoms with van der Waals surface area (Å²) in [4.78, 5) is 39.7. The fourth-order valence-corrected chi connectivity index (χ4v) is 5.49. The maximum Gasteiger partial charge on any atom is 0.256 e. The topological polar surface area (TPSA) is 123 Å². The van der Waals surface area contributed by atoms with Crippen molar-refractivity contribution in [2.24, 2.45) is 11.8 Å². The summed E-state index contributed by atoms with van der Waals surface area (Å²) >= 11 is 0. The molecule has 0 spiro atoms. The summed E-state index contributed by atoms with van der Waals surface area (Å²) in [7, 11) is 0. The number of halogens is 2. The van der Waals surface area contributed by atoms with E-state index in [-0.39, 0.29) is 18.7 Å². The first kappa shape index (κ1) is 24.1. The summed E-state index contributed by atoms with van der Waals surface area (Å²) < 4.78 is 29.6. The lowest BCUT2D eigenvalue weighted by molar-refractivity contribution is -0.198. The number of nitriles is 1. The van der Waals surface area contributed by atoms with E-state index in [2.05, 4.69) is 10.6 Å². The number of aliphatic hydroxyl groups is 1. The van der Waals surface area contributed by atoms with Crippen LogP contribution in [0.1, 0.15) is 50.2 Å². The van der Waals surface area contributed by atoms with Crippen LogP contribution in [0.15, 0.2) is 30.3 Å². The minimum atomic E-state index is -3.15. The fraction of sp³-hybridized carbons (Fsp3) is 0.583. The summed E-state index contributed by atoms with van der Waals surface area (Å²) in [6.07, 6.45) is -0.419. The SMILES string of the molecule is N#C[C@@H](C[C@H]1CCCNC1=O)NC(=O)[C@H]1[C@H]2CC[C@H](CC2(F)F)N1C(=O)[C@@H](O)c1ccccc1.